The van der Waals surface area contributed by atoms with Crippen LogP contribution in [-0.2, 0) is 6.42 Å². The molecule has 2 N–H and O–H groups in total. The number of imidazole rings is 1. The highest BCUT2D eigenvalue weighted by molar-refractivity contribution is 6.32. The van der Waals surface area contributed by atoms with Crippen molar-refractivity contribution in [2.45, 2.75) is 6.42 Å². The molecule has 7 heteroatoms. The van der Waals surface area contributed by atoms with E-state index in [9.17, 15) is 4.79 Å². The van der Waals surface area contributed by atoms with Crippen molar-refractivity contribution >= 4 is 29.0 Å². The molecule has 24 heavy (non-hydrogen) atoms. The summed E-state index contributed by atoms with van der Waals surface area (Å²) in [6.45, 7) is 0.486. The number of carbonyl (C=O) groups is 1. The maximum absolute atomic E-state index is 11.9. The number of nitrogens with one attached hydrogen (secondary N) is 2. The fourth-order valence-electron chi connectivity index (χ4n) is 2.33. The molecule has 0 spiro atoms. The van der Waals surface area contributed by atoms with Crippen LogP contribution in [0.4, 0.5) is 10.5 Å². The molecule has 2 amide bonds. The first-order valence-electron chi connectivity index (χ1n) is 7.47. The molecule has 3 aromatic rings. The number of ether oxygens (including phenoxy) is 1. The Morgan fingerprint density at radius 2 is 2.21 bits per heavy atom. The molecule has 0 aliphatic heterocycles. The lowest BCUT2D eigenvalue weighted by atomic mass is 10.3. The number of aromatic nitrogens is 2. The van der Waals surface area contributed by atoms with E-state index in [0.717, 1.165) is 11.3 Å². The quantitative estimate of drug-likeness (QED) is 0.745. The van der Waals surface area contributed by atoms with Gasteiger partial charge in [0.2, 0.25) is 0 Å². The van der Waals surface area contributed by atoms with Crippen molar-refractivity contribution in [3.8, 4) is 5.75 Å². The molecule has 2 aromatic heterocycles. The number of nitrogens with zero attached hydrogens (tertiary/aromatic N) is 2. The fourth-order valence-corrected chi connectivity index (χ4v) is 2.59. The van der Waals surface area contributed by atoms with Gasteiger partial charge in [0, 0.05) is 31.0 Å². The minimum absolute atomic E-state index is 0.292. The summed E-state index contributed by atoms with van der Waals surface area (Å²) >= 11 is 6.03. The van der Waals surface area contributed by atoms with E-state index in [-0.39, 0.29) is 6.03 Å². The van der Waals surface area contributed by atoms with Crippen molar-refractivity contribution in [1.82, 2.24) is 14.7 Å². The molecule has 0 fully saturated rings. The number of hydrogen-bond donors (Lipinski definition) is 2. The van der Waals surface area contributed by atoms with Crippen molar-refractivity contribution in [3.63, 3.8) is 0 Å². The maximum Gasteiger partial charge on any atom is 0.319 e. The van der Waals surface area contributed by atoms with E-state index in [2.05, 4.69) is 15.6 Å². The average molecular weight is 345 g/mol. The van der Waals surface area contributed by atoms with Crippen molar-refractivity contribution in [2.24, 2.45) is 0 Å². The van der Waals surface area contributed by atoms with Gasteiger partial charge in [-0.25, -0.2) is 9.78 Å². The summed E-state index contributed by atoms with van der Waals surface area (Å²) in [6, 6.07) is 10.6. The Labute approximate surface area is 144 Å². The zero-order chi connectivity index (χ0) is 16.9. The number of halogens is 1. The van der Waals surface area contributed by atoms with Gasteiger partial charge in [0.1, 0.15) is 11.4 Å². The predicted octanol–water partition coefficient (Wildman–Crippen LogP) is 3.36. The minimum atomic E-state index is -0.292. The Kier molecular flexibility index (Phi) is 4.86. The van der Waals surface area contributed by atoms with Crippen LogP contribution in [0, 0.1) is 0 Å². The summed E-state index contributed by atoms with van der Waals surface area (Å²) in [5.74, 6) is 0.564. The first-order chi connectivity index (χ1) is 11.7. The Bertz CT molecular complexity index is 830. The highest BCUT2D eigenvalue weighted by Crippen LogP contribution is 2.27. The number of methoxy groups -OCH3 is 1. The zero-order valence-corrected chi connectivity index (χ0v) is 13.9. The number of amides is 2. The van der Waals surface area contributed by atoms with E-state index in [1.54, 1.807) is 25.3 Å². The van der Waals surface area contributed by atoms with E-state index in [1.165, 1.54) is 0 Å². The van der Waals surface area contributed by atoms with Gasteiger partial charge in [-0.1, -0.05) is 17.7 Å². The highest BCUT2D eigenvalue weighted by atomic mass is 35.5. The zero-order valence-electron chi connectivity index (χ0n) is 13.1. The maximum atomic E-state index is 11.9. The molecule has 0 bridgehead atoms. The van der Waals surface area contributed by atoms with Gasteiger partial charge < -0.3 is 19.8 Å². The number of pyridine rings is 1. The van der Waals surface area contributed by atoms with Crippen LogP contribution in [0.3, 0.4) is 0 Å². The predicted molar refractivity (Wildman–Crippen MR) is 93.9 cm³/mol. The third-order valence-electron chi connectivity index (χ3n) is 3.49. The van der Waals surface area contributed by atoms with Gasteiger partial charge >= 0.3 is 6.03 Å². The third-order valence-corrected chi connectivity index (χ3v) is 3.79. The number of benzene rings is 1. The highest BCUT2D eigenvalue weighted by Gasteiger charge is 2.06. The van der Waals surface area contributed by atoms with E-state index in [4.69, 9.17) is 16.3 Å². The SMILES string of the molecule is COc1ccc(NC(=O)NCCc2cn3ccccc3n2)cc1Cl. The minimum Gasteiger partial charge on any atom is -0.495 e. The molecule has 6 nitrogen and oxygen atoms in total. The van der Waals surface area contributed by atoms with Crippen LogP contribution in [0.5, 0.6) is 5.75 Å². The van der Waals surface area contributed by atoms with E-state index in [1.807, 2.05) is 35.0 Å². The largest absolute Gasteiger partial charge is 0.495 e. The normalized spacial score (nSPS) is 10.6. The van der Waals surface area contributed by atoms with Crippen molar-refractivity contribution in [1.29, 1.82) is 0 Å². The van der Waals surface area contributed by atoms with Crippen molar-refractivity contribution in [3.05, 3.63) is 59.5 Å². The lowest BCUT2D eigenvalue weighted by Crippen LogP contribution is -2.30. The van der Waals surface area contributed by atoms with Crippen LogP contribution in [-0.4, -0.2) is 29.1 Å². The second-order valence-corrected chi connectivity index (χ2v) is 5.59. The van der Waals surface area contributed by atoms with Crippen LogP contribution in [0.2, 0.25) is 5.02 Å². The monoisotopic (exact) mass is 344 g/mol. The summed E-state index contributed by atoms with van der Waals surface area (Å²) in [7, 11) is 1.54. The number of urea groups is 1. The number of fused-ring (bicyclic) bond motifs is 1. The summed E-state index contributed by atoms with van der Waals surface area (Å²) in [4.78, 5) is 16.4. The molecule has 0 aliphatic carbocycles. The number of hydrogen-bond acceptors (Lipinski definition) is 3. The first-order valence-corrected chi connectivity index (χ1v) is 7.84. The molecule has 0 atom stereocenters. The fraction of sp³-hybridized carbons (Fsp3) is 0.176. The Morgan fingerprint density at radius 1 is 1.33 bits per heavy atom. The standard InChI is InChI=1S/C17H17ClN4O2/c1-24-15-6-5-12(10-14(15)18)21-17(23)19-8-7-13-11-22-9-3-2-4-16(22)20-13/h2-6,9-11H,7-8H2,1H3,(H2,19,21,23). The topological polar surface area (TPSA) is 67.7 Å². The number of carbonyl (C=O) groups excluding carboxylic acids is 1. The van der Waals surface area contributed by atoms with E-state index in [0.29, 0.717) is 29.4 Å². The van der Waals surface area contributed by atoms with E-state index >= 15 is 0 Å². The molecule has 124 valence electrons. The van der Waals surface area contributed by atoms with Crippen LogP contribution >= 0.6 is 11.6 Å². The smallest absolute Gasteiger partial charge is 0.319 e. The van der Waals surface area contributed by atoms with Crippen LogP contribution in [0.25, 0.3) is 5.65 Å². The van der Waals surface area contributed by atoms with Crippen LogP contribution < -0.4 is 15.4 Å². The summed E-state index contributed by atoms with van der Waals surface area (Å²) in [6.07, 6.45) is 4.55. The van der Waals surface area contributed by atoms with Gasteiger partial charge in [-0.15, -0.1) is 0 Å². The Hall–Kier alpha value is -2.73. The first kappa shape index (κ1) is 16.1. The molecule has 0 radical (unpaired) electrons. The number of anilines is 1. The van der Waals surface area contributed by atoms with Gasteiger partial charge in [0.15, 0.2) is 0 Å². The molecular weight excluding hydrogens is 328 g/mol. The number of rotatable bonds is 5. The van der Waals surface area contributed by atoms with Gasteiger partial charge in [0.05, 0.1) is 17.8 Å². The Morgan fingerprint density at radius 3 is 2.96 bits per heavy atom. The van der Waals surface area contributed by atoms with Gasteiger partial charge in [-0.3, -0.25) is 0 Å². The summed E-state index contributed by atoms with van der Waals surface area (Å²) in [5, 5.41) is 5.97. The Balaban J connectivity index is 1.51. The van der Waals surface area contributed by atoms with Crippen LogP contribution in [0.15, 0.2) is 48.8 Å². The van der Waals surface area contributed by atoms with Gasteiger partial charge in [0.25, 0.3) is 0 Å². The molecule has 0 saturated heterocycles. The molecule has 1 aromatic carbocycles. The summed E-state index contributed by atoms with van der Waals surface area (Å²) in [5.41, 5.74) is 2.42. The lowest BCUT2D eigenvalue weighted by Gasteiger charge is -2.09. The third kappa shape index (κ3) is 3.78. The molecule has 3 rings (SSSR count). The van der Waals surface area contributed by atoms with Gasteiger partial charge in [-0.05, 0) is 30.3 Å². The van der Waals surface area contributed by atoms with Crippen LogP contribution in [0.1, 0.15) is 5.69 Å². The second kappa shape index (κ2) is 7.23. The molecule has 0 unspecified atom stereocenters. The molecular formula is C17H17ClN4O2. The van der Waals surface area contributed by atoms with E-state index < -0.39 is 0 Å². The molecule has 0 saturated carbocycles. The second-order valence-electron chi connectivity index (χ2n) is 5.18. The molecule has 2 heterocycles. The van der Waals surface area contributed by atoms with Crippen molar-refractivity contribution < 1.29 is 9.53 Å². The van der Waals surface area contributed by atoms with Gasteiger partial charge in [-0.2, -0.15) is 0 Å². The van der Waals surface area contributed by atoms with Crippen molar-refractivity contribution in [2.75, 3.05) is 19.0 Å². The average Bonchev–Trinajstić information content (AvgIpc) is 2.97. The summed E-state index contributed by atoms with van der Waals surface area (Å²) < 4.78 is 7.03. The molecule has 0 aliphatic rings. The lowest BCUT2D eigenvalue weighted by molar-refractivity contribution is 0.252.